The van der Waals surface area contributed by atoms with Gasteiger partial charge in [0, 0.05) is 11.7 Å². The van der Waals surface area contributed by atoms with E-state index in [-0.39, 0.29) is 17.9 Å². The summed E-state index contributed by atoms with van der Waals surface area (Å²) in [7, 11) is 0. The molecule has 1 aliphatic carbocycles. The first-order valence-electron chi connectivity index (χ1n) is 13.2. The number of nitrogens with zero attached hydrogens (tertiary/aromatic N) is 1. The second-order valence-electron chi connectivity index (χ2n) is 11.0. The topological polar surface area (TPSA) is 87.7 Å². The Morgan fingerprint density at radius 3 is 2.29 bits per heavy atom. The number of benzene rings is 2. The third-order valence-corrected chi connectivity index (χ3v) is 7.21. The fraction of sp³-hybridized carbons (Fsp3) is 0.500. The van der Waals surface area contributed by atoms with Crippen LogP contribution in [0.15, 0.2) is 42.5 Å². The van der Waals surface area contributed by atoms with Gasteiger partial charge in [-0.15, -0.1) is 0 Å². The maximum atomic E-state index is 14.2. The first-order valence-corrected chi connectivity index (χ1v) is 14.5. The number of ether oxygens (including phenoxy) is 1. The van der Waals surface area contributed by atoms with Gasteiger partial charge in [0.2, 0.25) is 5.91 Å². The molecule has 38 heavy (non-hydrogen) atoms. The normalized spacial score (nSPS) is 14.8. The highest BCUT2D eigenvalue weighted by Crippen LogP contribution is 2.37. The Bertz CT molecular complexity index is 1160. The molecule has 0 radical (unpaired) electrons. The van der Waals surface area contributed by atoms with Crippen LogP contribution in [-0.2, 0) is 14.3 Å². The van der Waals surface area contributed by atoms with Gasteiger partial charge in [-0.05, 0) is 101 Å². The predicted molar refractivity (Wildman–Crippen MR) is 154 cm³/mol. The third kappa shape index (κ3) is 8.00. The van der Waals surface area contributed by atoms with E-state index in [1.54, 1.807) is 37.4 Å². The highest BCUT2D eigenvalue weighted by Gasteiger charge is 2.44. The van der Waals surface area contributed by atoms with E-state index in [1.807, 2.05) is 69.5 Å². The zero-order valence-corrected chi connectivity index (χ0v) is 24.4. The molecule has 8 heteroatoms. The molecule has 2 N–H and O–H groups in total. The number of para-hydroxylation sites is 1. The molecular formula is C30H41N3O4S. The molecule has 0 saturated heterocycles. The van der Waals surface area contributed by atoms with Crippen molar-refractivity contribution in [1.82, 2.24) is 10.2 Å². The Morgan fingerprint density at radius 2 is 1.71 bits per heavy atom. The fourth-order valence-electron chi connectivity index (χ4n) is 4.28. The zero-order valence-electron chi connectivity index (χ0n) is 23.6. The lowest BCUT2D eigenvalue weighted by Crippen LogP contribution is -2.53. The van der Waals surface area contributed by atoms with E-state index < -0.39 is 23.8 Å². The molecule has 1 fully saturated rings. The van der Waals surface area contributed by atoms with E-state index in [2.05, 4.69) is 10.6 Å². The van der Waals surface area contributed by atoms with Crippen molar-refractivity contribution in [2.24, 2.45) is 0 Å². The maximum absolute atomic E-state index is 14.2. The summed E-state index contributed by atoms with van der Waals surface area (Å²) >= 11 is 1.60. The molecule has 2 atom stereocenters. The van der Waals surface area contributed by atoms with E-state index in [0.29, 0.717) is 17.9 Å². The van der Waals surface area contributed by atoms with Crippen molar-refractivity contribution in [2.45, 2.75) is 84.5 Å². The van der Waals surface area contributed by atoms with E-state index in [0.717, 1.165) is 35.1 Å². The number of rotatable bonds is 10. The van der Waals surface area contributed by atoms with E-state index in [1.165, 1.54) is 0 Å². The number of hydrogen-bond acceptors (Lipinski definition) is 5. The summed E-state index contributed by atoms with van der Waals surface area (Å²) in [5, 5.41) is 5.86. The molecule has 2 aromatic carbocycles. The minimum Gasteiger partial charge on any atom is -0.444 e. The molecule has 1 saturated carbocycles. The minimum absolute atomic E-state index is 0.0751. The second kappa shape index (κ2) is 12.7. The van der Waals surface area contributed by atoms with Gasteiger partial charge in [-0.25, -0.2) is 4.79 Å². The lowest BCUT2D eigenvalue weighted by Gasteiger charge is -2.35. The van der Waals surface area contributed by atoms with Gasteiger partial charge in [-0.2, -0.15) is 11.8 Å². The van der Waals surface area contributed by atoms with Crippen molar-refractivity contribution in [3.05, 3.63) is 64.7 Å². The maximum Gasteiger partial charge on any atom is 0.408 e. The van der Waals surface area contributed by atoms with Crippen molar-refractivity contribution < 1.29 is 19.1 Å². The predicted octanol–water partition coefficient (Wildman–Crippen LogP) is 5.93. The average Bonchev–Trinajstić information content (AvgIpc) is 3.67. The molecule has 0 heterocycles. The number of amides is 3. The summed E-state index contributed by atoms with van der Waals surface area (Å²) in [5.41, 5.74) is 3.86. The van der Waals surface area contributed by atoms with Gasteiger partial charge in [0.1, 0.15) is 17.7 Å². The molecule has 0 spiro atoms. The molecule has 0 aliphatic heterocycles. The molecule has 7 nitrogen and oxygen atoms in total. The molecule has 2 aromatic rings. The van der Waals surface area contributed by atoms with Crippen LogP contribution in [0.5, 0.6) is 0 Å². The van der Waals surface area contributed by atoms with Crippen LogP contribution in [0.3, 0.4) is 0 Å². The average molecular weight is 540 g/mol. The molecule has 206 valence electrons. The number of alkyl carbamates (subject to hydrolysis) is 1. The van der Waals surface area contributed by atoms with Gasteiger partial charge >= 0.3 is 6.09 Å². The van der Waals surface area contributed by atoms with Crippen LogP contribution in [0.25, 0.3) is 0 Å². The molecule has 2 unspecified atom stereocenters. The van der Waals surface area contributed by atoms with Crippen LogP contribution >= 0.6 is 11.8 Å². The van der Waals surface area contributed by atoms with Gasteiger partial charge < -0.3 is 20.3 Å². The van der Waals surface area contributed by atoms with Gasteiger partial charge in [0.05, 0.1) is 0 Å². The lowest BCUT2D eigenvalue weighted by atomic mass is 9.97. The minimum atomic E-state index is -0.842. The Labute approximate surface area is 231 Å². The Kier molecular flexibility index (Phi) is 9.88. The van der Waals surface area contributed by atoms with Crippen LogP contribution < -0.4 is 10.6 Å². The Morgan fingerprint density at radius 1 is 1.03 bits per heavy atom. The van der Waals surface area contributed by atoms with Gasteiger partial charge in [-0.3, -0.25) is 9.59 Å². The van der Waals surface area contributed by atoms with Crippen LogP contribution in [0.4, 0.5) is 10.5 Å². The van der Waals surface area contributed by atoms with E-state index in [4.69, 9.17) is 4.74 Å². The van der Waals surface area contributed by atoms with Crippen molar-refractivity contribution in [3.63, 3.8) is 0 Å². The van der Waals surface area contributed by atoms with Crippen molar-refractivity contribution >= 4 is 35.4 Å². The number of carbonyl (C=O) groups excluding carboxylic acids is 3. The highest BCUT2D eigenvalue weighted by atomic mass is 32.2. The fourth-order valence-corrected chi connectivity index (χ4v) is 4.75. The smallest absolute Gasteiger partial charge is 0.408 e. The summed E-state index contributed by atoms with van der Waals surface area (Å²) < 4.78 is 5.46. The molecule has 3 amide bonds. The van der Waals surface area contributed by atoms with Crippen LogP contribution in [0, 0.1) is 20.8 Å². The summed E-state index contributed by atoms with van der Waals surface area (Å²) in [5.74, 6) is 0.133. The van der Waals surface area contributed by atoms with Crippen LogP contribution in [-0.4, -0.2) is 52.5 Å². The van der Waals surface area contributed by atoms with Gasteiger partial charge in [0.25, 0.3) is 5.91 Å². The molecule has 3 rings (SSSR count). The molecular weight excluding hydrogens is 498 g/mol. The number of nitrogens with one attached hydrogen (secondary N) is 2. The van der Waals surface area contributed by atoms with Crippen LogP contribution in [0.2, 0.25) is 0 Å². The van der Waals surface area contributed by atoms with Crippen LogP contribution in [0.1, 0.15) is 68.3 Å². The second-order valence-corrected chi connectivity index (χ2v) is 12.0. The van der Waals surface area contributed by atoms with Crippen molar-refractivity contribution in [1.29, 1.82) is 0 Å². The lowest BCUT2D eigenvalue weighted by molar-refractivity contribution is -0.141. The summed E-state index contributed by atoms with van der Waals surface area (Å²) in [6, 6.07) is 11.8. The van der Waals surface area contributed by atoms with Crippen molar-refractivity contribution in [2.75, 3.05) is 17.3 Å². The SMILES string of the molecule is CSCCC(NC(=O)OC(C)(C)C)C(=O)N(C1CC1)C(C(=O)Nc1ccccc1C)c1ccc(C)c(C)c1. The summed E-state index contributed by atoms with van der Waals surface area (Å²) in [4.78, 5) is 42.5. The highest BCUT2D eigenvalue weighted by molar-refractivity contribution is 7.98. The summed E-state index contributed by atoms with van der Waals surface area (Å²) in [6.45, 7) is 11.3. The Balaban J connectivity index is 2.00. The number of carbonyl (C=O) groups is 3. The zero-order chi connectivity index (χ0) is 28.0. The van der Waals surface area contributed by atoms with Gasteiger partial charge in [0.15, 0.2) is 0 Å². The number of aryl methyl sites for hydroxylation is 3. The quantitative estimate of drug-likeness (QED) is 0.391. The Hall–Kier alpha value is -3.00. The standard InChI is InChI=1S/C30H41N3O4S/c1-19-12-13-22(18-21(19)3)26(27(34)31-24-11-9-8-10-20(24)2)33(23-14-15-23)28(35)25(16-17-38-7)32-29(36)37-30(4,5)6/h8-13,18,23,25-26H,14-17H2,1-7H3,(H,31,34)(H,32,36). The van der Waals surface area contributed by atoms with E-state index in [9.17, 15) is 14.4 Å². The number of thioether (sulfide) groups is 1. The third-order valence-electron chi connectivity index (χ3n) is 6.57. The molecule has 0 aromatic heterocycles. The molecule has 0 bridgehead atoms. The van der Waals surface area contributed by atoms with Crippen molar-refractivity contribution in [3.8, 4) is 0 Å². The number of anilines is 1. The summed E-state index contributed by atoms with van der Waals surface area (Å²) in [6.07, 6.45) is 3.38. The largest absolute Gasteiger partial charge is 0.444 e. The van der Waals surface area contributed by atoms with E-state index >= 15 is 0 Å². The first kappa shape index (κ1) is 29.6. The monoisotopic (exact) mass is 539 g/mol. The van der Waals surface area contributed by atoms with Gasteiger partial charge in [-0.1, -0.05) is 36.4 Å². The molecule has 1 aliphatic rings. The number of hydrogen-bond donors (Lipinski definition) is 2. The first-order chi connectivity index (χ1) is 17.9.